The van der Waals surface area contributed by atoms with E-state index in [2.05, 4.69) is 22.7 Å². The van der Waals surface area contributed by atoms with Gasteiger partial charge in [-0.15, -0.1) is 0 Å². The van der Waals surface area contributed by atoms with Gasteiger partial charge in [0.1, 0.15) is 11.5 Å². The number of aromatic nitrogens is 1. The van der Waals surface area contributed by atoms with Gasteiger partial charge in [-0.25, -0.2) is 0 Å². The van der Waals surface area contributed by atoms with Crippen LogP contribution in [0, 0.1) is 13.8 Å². The number of aryl methyl sites for hydroxylation is 1. The van der Waals surface area contributed by atoms with Crippen molar-refractivity contribution in [2.75, 3.05) is 26.1 Å². The van der Waals surface area contributed by atoms with Crippen LogP contribution in [0.3, 0.4) is 0 Å². The van der Waals surface area contributed by atoms with Gasteiger partial charge in [0.05, 0.1) is 30.8 Å². The van der Waals surface area contributed by atoms with Gasteiger partial charge < -0.3 is 26.3 Å². The first kappa shape index (κ1) is 24.7. The number of methoxy groups -OCH3 is 2. The zero-order chi connectivity index (χ0) is 24.0. The number of nitrogens with two attached hydrogens (primary N) is 2. The first-order valence-corrected chi connectivity index (χ1v) is 11.7. The lowest BCUT2D eigenvalue weighted by Gasteiger charge is -2.16. The predicted molar refractivity (Wildman–Crippen MR) is 135 cm³/mol. The monoisotopic (exact) mass is 468 g/mol. The van der Waals surface area contributed by atoms with Gasteiger partial charge in [-0.1, -0.05) is 18.6 Å². The minimum Gasteiger partial charge on any atom is -0.496 e. The van der Waals surface area contributed by atoms with E-state index in [9.17, 15) is 4.79 Å². The van der Waals surface area contributed by atoms with E-state index in [4.69, 9.17) is 20.9 Å². The molecule has 2 aromatic carbocycles. The van der Waals surface area contributed by atoms with Crippen LogP contribution in [0.1, 0.15) is 30.4 Å². The SMILES string of the molecule is COc1ccc(-c2cnsc2-c2cc(C)c(C)c(OC)c2)cc1NC(=O)[C@@H](N)CCCCN. The summed E-state index contributed by atoms with van der Waals surface area (Å²) in [6.07, 6.45) is 4.08. The summed E-state index contributed by atoms with van der Waals surface area (Å²) in [6, 6.07) is 9.27. The highest BCUT2D eigenvalue weighted by Crippen LogP contribution is 2.40. The Bertz CT molecular complexity index is 1110. The van der Waals surface area contributed by atoms with Crippen LogP contribution < -0.4 is 26.3 Å². The van der Waals surface area contributed by atoms with Gasteiger partial charge >= 0.3 is 0 Å². The third-order valence-corrected chi connectivity index (χ3v) is 6.60. The summed E-state index contributed by atoms with van der Waals surface area (Å²) < 4.78 is 15.5. The van der Waals surface area contributed by atoms with Crippen molar-refractivity contribution in [2.24, 2.45) is 11.5 Å². The van der Waals surface area contributed by atoms with Gasteiger partial charge in [-0.3, -0.25) is 4.79 Å². The highest BCUT2D eigenvalue weighted by molar-refractivity contribution is 7.10. The Hall–Kier alpha value is -2.94. The number of unbranched alkanes of at least 4 members (excludes halogenated alkanes) is 1. The molecule has 0 spiro atoms. The largest absolute Gasteiger partial charge is 0.496 e. The molecule has 3 aromatic rings. The number of carbonyl (C=O) groups is 1. The van der Waals surface area contributed by atoms with E-state index in [-0.39, 0.29) is 5.91 Å². The maximum atomic E-state index is 12.7. The third-order valence-electron chi connectivity index (χ3n) is 5.75. The number of amides is 1. The van der Waals surface area contributed by atoms with Crippen molar-refractivity contribution in [3.05, 3.63) is 47.7 Å². The molecule has 176 valence electrons. The molecule has 0 unspecified atom stereocenters. The van der Waals surface area contributed by atoms with Gasteiger partial charge in [0.2, 0.25) is 5.91 Å². The van der Waals surface area contributed by atoms with Crippen molar-refractivity contribution < 1.29 is 14.3 Å². The van der Waals surface area contributed by atoms with Crippen LogP contribution in [0.4, 0.5) is 5.69 Å². The van der Waals surface area contributed by atoms with Crippen molar-refractivity contribution in [3.8, 4) is 33.1 Å². The molecule has 8 heteroatoms. The van der Waals surface area contributed by atoms with E-state index < -0.39 is 6.04 Å². The number of nitrogens with one attached hydrogen (secondary N) is 1. The van der Waals surface area contributed by atoms with Crippen molar-refractivity contribution in [1.29, 1.82) is 0 Å². The number of rotatable bonds is 10. The molecule has 0 fully saturated rings. The van der Waals surface area contributed by atoms with E-state index >= 15 is 0 Å². The number of benzene rings is 2. The molecule has 0 saturated heterocycles. The zero-order valence-corrected chi connectivity index (χ0v) is 20.4. The fourth-order valence-corrected chi connectivity index (χ4v) is 4.42. The van der Waals surface area contributed by atoms with Crippen LogP contribution in [0.15, 0.2) is 36.5 Å². The first-order chi connectivity index (χ1) is 15.9. The molecule has 0 radical (unpaired) electrons. The van der Waals surface area contributed by atoms with E-state index in [1.807, 2.05) is 37.4 Å². The number of nitrogens with zero attached hydrogens (tertiary/aromatic N) is 1. The molecule has 7 nitrogen and oxygen atoms in total. The molecule has 1 atom stereocenters. The molecule has 0 saturated carbocycles. The summed E-state index contributed by atoms with van der Waals surface area (Å²) in [5, 5.41) is 2.93. The van der Waals surface area contributed by atoms with Gasteiger partial charge in [0.15, 0.2) is 0 Å². The van der Waals surface area contributed by atoms with E-state index in [1.54, 1.807) is 14.2 Å². The van der Waals surface area contributed by atoms with Crippen molar-refractivity contribution >= 4 is 23.1 Å². The van der Waals surface area contributed by atoms with Gasteiger partial charge in [0.25, 0.3) is 0 Å². The number of anilines is 1. The van der Waals surface area contributed by atoms with Crippen LogP contribution in [-0.4, -0.2) is 37.1 Å². The summed E-state index contributed by atoms with van der Waals surface area (Å²) in [4.78, 5) is 13.7. The smallest absolute Gasteiger partial charge is 0.241 e. The number of carbonyl (C=O) groups excluding carboxylic acids is 1. The number of ether oxygens (including phenoxy) is 2. The van der Waals surface area contributed by atoms with Gasteiger partial charge in [0, 0.05) is 11.8 Å². The standard InChI is InChI=1S/C25H32N4O3S/c1-15-11-18(13-23(32-4)16(15)2)24-19(14-28-33-24)17-8-9-22(31-3)21(12-17)29-25(30)20(27)7-5-6-10-26/h8-9,11-14,20H,5-7,10,26-27H2,1-4H3,(H,29,30)/t20-/m0/s1. The lowest BCUT2D eigenvalue weighted by molar-refractivity contribution is -0.117. The second kappa shape index (κ2) is 11.3. The van der Waals surface area contributed by atoms with Crippen LogP contribution in [0.2, 0.25) is 0 Å². The summed E-state index contributed by atoms with van der Waals surface area (Å²) in [6.45, 7) is 4.71. The molecule has 3 rings (SSSR count). The minimum absolute atomic E-state index is 0.245. The maximum Gasteiger partial charge on any atom is 0.241 e. The highest BCUT2D eigenvalue weighted by Gasteiger charge is 2.18. The highest BCUT2D eigenvalue weighted by atomic mass is 32.1. The minimum atomic E-state index is -0.605. The van der Waals surface area contributed by atoms with Crippen molar-refractivity contribution in [1.82, 2.24) is 4.37 Å². The fraction of sp³-hybridized carbons (Fsp3) is 0.360. The lowest BCUT2D eigenvalue weighted by Crippen LogP contribution is -2.35. The molecule has 0 bridgehead atoms. The van der Waals surface area contributed by atoms with Crippen molar-refractivity contribution in [2.45, 2.75) is 39.2 Å². The maximum absolute atomic E-state index is 12.7. The zero-order valence-electron chi connectivity index (χ0n) is 19.6. The summed E-state index contributed by atoms with van der Waals surface area (Å²) >= 11 is 1.42. The molecule has 5 N–H and O–H groups in total. The molecular formula is C25H32N4O3S. The second-order valence-corrected chi connectivity index (χ2v) is 8.79. The molecule has 1 heterocycles. The Labute approximate surface area is 199 Å². The first-order valence-electron chi connectivity index (χ1n) is 10.9. The normalized spacial score (nSPS) is 11.8. The molecule has 0 aliphatic heterocycles. The second-order valence-electron chi connectivity index (χ2n) is 7.98. The van der Waals surface area contributed by atoms with Gasteiger partial charge in [-0.2, -0.15) is 4.37 Å². The Morgan fingerprint density at radius 2 is 1.85 bits per heavy atom. The predicted octanol–water partition coefficient (Wildman–Crippen LogP) is 4.51. The van der Waals surface area contributed by atoms with Crippen molar-refractivity contribution in [3.63, 3.8) is 0 Å². The molecule has 0 aliphatic carbocycles. The van der Waals surface area contributed by atoms with Crippen LogP contribution in [0.5, 0.6) is 11.5 Å². The molecule has 0 aliphatic rings. The average Bonchev–Trinajstić information content (AvgIpc) is 3.30. The number of hydrogen-bond donors (Lipinski definition) is 3. The van der Waals surface area contributed by atoms with E-state index in [0.29, 0.717) is 24.4 Å². The topological polar surface area (TPSA) is 112 Å². The summed E-state index contributed by atoms with van der Waals surface area (Å²) in [5.74, 6) is 1.17. The fourth-order valence-electron chi connectivity index (χ4n) is 3.66. The quantitative estimate of drug-likeness (QED) is 0.378. The van der Waals surface area contributed by atoms with Crippen LogP contribution >= 0.6 is 11.5 Å². The van der Waals surface area contributed by atoms with Crippen LogP contribution in [0.25, 0.3) is 21.6 Å². The Balaban J connectivity index is 1.93. The Morgan fingerprint density at radius 3 is 2.55 bits per heavy atom. The van der Waals surface area contributed by atoms with E-state index in [1.165, 1.54) is 11.5 Å². The summed E-state index contributed by atoms with van der Waals surface area (Å²) in [7, 11) is 3.25. The summed E-state index contributed by atoms with van der Waals surface area (Å²) in [5.41, 5.74) is 17.4. The third kappa shape index (κ3) is 5.71. The molecule has 33 heavy (non-hydrogen) atoms. The molecular weight excluding hydrogens is 436 g/mol. The lowest BCUT2D eigenvalue weighted by atomic mass is 9.99. The molecule has 1 aromatic heterocycles. The Kier molecular flexibility index (Phi) is 8.43. The molecule has 1 amide bonds. The number of hydrogen-bond acceptors (Lipinski definition) is 7. The Morgan fingerprint density at radius 1 is 1.09 bits per heavy atom. The van der Waals surface area contributed by atoms with Gasteiger partial charge in [-0.05, 0) is 85.2 Å². The average molecular weight is 469 g/mol. The van der Waals surface area contributed by atoms with Crippen LogP contribution in [-0.2, 0) is 4.79 Å². The van der Waals surface area contributed by atoms with E-state index in [0.717, 1.165) is 51.3 Å².